The lowest BCUT2D eigenvalue weighted by atomic mass is 9.81. The van der Waals surface area contributed by atoms with E-state index in [1.54, 1.807) is 6.07 Å². The highest BCUT2D eigenvalue weighted by Gasteiger charge is 2.32. The van der Waals surface area contributed by atoms with Crippen LogP contribution in [0.1, 0.15) is 49.3 Å². The quantitative estimate of drug-likeness (QED) is 0.761. The lowest BCUT2D eigenvalue weighted by Crippen LogP contribution is -2.24. The van der Waals surface area contributed by atoms with Crippen LogP contribution in [0.4, 0.5) is 4.39 Å². The Morgan fingerprint density at radius 3 is 2.75 bits per heavy atom. The maximum Gasteiger partial charge on any atom is 0.128 e. The molecule has 2 aliphatic rings. The molecule has 3 rings (SSSR count). The lowest BCUT2D eigenvalue weighted by Gasteiger charge is -2.28. The van der Waals surface area contributed by atoms with Gasteiger partial charge in [-0.3, -0.25) is 0 Å². The molecule has 1 aromatic carbocycles. The Bertz CT molecular complexity index is 382. The van der Waals surface area contributed by atoms with Crippen LogP contribution in [0.25, 0.3) is 0 Å². The van der Waals surface area contributed by atoms with Crippen LogP contribution in [-0.4, -0.2) is 0 Å². The average molecular weight is 219 g/mol. The summed E-state index contributed by atoms with van der Waals surface area (Å²) in [6.45, 7) is 0.842. The zero-order valence-corrected chi connectivity index (χ0v) is 9.51. The maximum absolute atomic E-state index is 13.9. The van der Waals surface area contributed by atoms with E-state index in [4.69, 9.17) is 0 Å². The molecule has 1 fully saturated rings. The molecule has 1 N–H and O–H groups in total. The van der Waals surface area contributed by atoms with Crippen molar-refractivity contribution >= 4 is 0 Å². The van der Waals surface area contributed by atoms with E-state index in [1.165, 1.54) is 32.1 Å². The van der Waals surface area contributed by atoms with Gasteiger partial charge in [-0.15, -0.1) is 0 Å². The first-order valence-corrected chi connectivity index (χ1v) is 6.37. The van der Waals surface area contributed by atoms with Gasteiger partial charge >= 0.3 is 0 Å². The van der Waals surface area contributed by atoms with Crippen molar-refractivity contribution in [3.05, 3.63) is 35.1 Å². The Morgan fingerprint density at radius 2 is 1.94 bits per heavy atom. The van der Waals surface area contributed by atoms with Crippen molar-refractivity contribution < 1.29 is 4.39 Å². The highest BCUT2D eigenvalue weighted by Crippen LogP contribution is 2.39. The fraction of sp³-hybridized carbons (Fsp3) is 0.571. The number of nitrogens with one attached hydrogen (secondary N) is 1. The summed E-state index contributed by atoms with van der Waals surface area (Å²) in [6, 6.07) is 5.74. The highest BCUT2D eigenvalue weighted by atomic mass is 19.1. The van der Waals surface area contributed by atoms with Crippen molar-refractivity contribution in [3.63, 3.8) is 0 Å². The van der Waals surface area contributed by atoms with Crippen LogP contribution < -0.4 is 5.32 Å². The van der Waals surface area contributed by atoms with Crippen LogP contribution in [0.5, 0.6) is 0 Å². The van der Waals surface area contributed by atoms with E-state index >= 15 is 0 Å². The summed E-state index contributed by atoms with van der Waals surface area (Å²) in [4.78, 5) is 0. The Morgan fingerprint density at radius 1 is 1.12 bits per heavy atom. The molecule has 1 aliphatic carbocycles. The fourth-order valence-electron chi connectivity index (χ4n) is 3.28. The Labute approximate surface area is 96.1 Å². The third-order valence-corrected chi connectivity index (χ3v) is 4.09. The number of hydrogen-bond donors (Lipinski definition) is 1. The van der Waals surface area contributed by atoms with Crippen molar-refractivity contribution in [2.75, 3.05) is 0 Å². The molecule has 0 radical (unpaired) electrons. The van der Waals surface area contributed by atoms with Gasteiger partial charge in [0.05, 0.1) is 0 Å². The standard InChI is InChI=1S/C14H18FN/c15-12-8-4-7-11-9-16-14(13(11)12)10-5-2-1-3-6-10/h4,7-8,10,14,16H,1-3,5-6,9H2. The molecule has 0 aromatic heterocycles. The first-order chi connectivity index (χ1) is 7.86. The third kappa shape index (κ3) is 1.65. The number of hydrogen-bond acceptors (Lipinski definition) is 1. The molecule has 16 heavy (non-hydrogen) atoms. The van der Waals surface area contributed by atoms with Crippen LogP contribution in [0.15, 0.2) is 18.2 Å². The maximum atomic E-state index is 13.9. The molecule has 0 bridgehead atoms. The normalized spacial score (nSPS) is 25.7. The molecule has 1 nitrogen and oxygen atoms in total. The topological polar surface area (TPSA) is 12.0 Å². The summed E-state index contributed by atoms with van der Waals surface area (Å²) < 4.78 is 13.9. The minimum absolute atomic E-state index is 0.0157. The highest BCUT2D eigenvalue weighted by molar-refractivity contribution is 5.35. The molecule has 1 aliphatic heterocycles. The largest absolute Gasteiger partial charge is 0.305 e. The van der Waals surface area contributed by atoms with Crippen LogP contribution in [0.3, 0.4) is 0 Å². The molecular formula is C14H18FN. The molecule has 0 spiro atoms. The van der Waals surface area contributed by atoms with Crippen molar-refractivity contribution in [3.8, 4) is 0 Å². The van der Waals surface area contributed by atoms with E-state index in [1.807, 2.05) is 12.1 Å². The van der Waals surface area contributed by atoms with Crippen LogP contribution in [-0.2, 0) is 6.54 Å². The van der Waals surface area contributed by atoms with Gasteiger partial charge in [0.15, 0.2) is 0 Å². The van der Waals surface area contributed by atoms with E-state index in [0.29, 0.717) is 5.92 Å². The fourth-order valence-corrected chi connectivity index (χ4v) is 3.28. The molecule has 1 heterocycles. The first-order valence-electron chi connectivity index (χ1n) is 6.37. The molecule has 1 atom stereocenters. The SMILES string of the molecule is Fc1cccc2c1C(C1CCCCC1)NC2. The van der Waals surface area contributed by atoms with Gasteiger partial charge in [0.1, 0.15) is 5.82 Å². The van der Waals surface area contributed by atoms with E-state index in [0.717, 1.165) is 17.7 Å². The molecule has 2 heteroatoms. The zero-order chi connectivity index (χ0) is 11.0. The predicted octanol–water partition coefficient (Wildman–Crippen LogP) is 3.55. The van der Waals surface area contributed by atoms with Crippen molar-refractivity contribution in [2.45, 2.75) is 44.7 Å². The van der Waals surface area contributed by atoms with Gasteiger partial charge in [-0.05, 0) is 30.4 Å². The number of fused-ring (bicyclic) bond motifs is 1. The summed E-state index contributed by atoms with van der Waals surface area (Å²) in [5, 5.41) is 3.49. The first kappa shape index (κ1) is 10.3. The Kier molecular flexibility index (Phi) is 2.68. The summed E-state index contributed by atoms with van der Waals surface area (Å²) in [7, 11) is 0. The third-order valence-electron chi connectivity index (χ3n) is 4.09. The van der Waals surface area contributed by atoms with Gasteiger partial charge in [-0.2, -0.15) is 0 Å². The molecular weight excluding hydrogens is 201 g/mol. The minimum Gasteiger partial charge on any atom is -0.305 e. The second kappa shape index (κ2) is 4.17. The van der Waals surface area contributed by atoms with Gasteiger partial charge < -0.3 is 5.32 Å². The second-order valence-electron chi connectivity index (χ2n) is 5.07. The van der Waals surface area contributed by atoms with Gasteiger partial charge in [-0.1, -0.05) is 31.4 Å². The van der Waals surface area contributed by atoms with Crippen molar-refractivity contribution in [2.24, 2.45) is 5.92 Å². The van der Waals surface area contributed by atoms with Gasteiger partial charge in [-0.25, -0.2) is 4.39 Å². The molecule has 1 unspecified atom stereocenters. The molecule has 1 aromatic rings. The van der Waals surface area contributed by atoms with Crippen LogP contribution >= 0.6 is 0 Å². The van der Waals surface area contributed by atoms with Gasteiger partial charge in [0, 0.05) is 18.2 Å². The van der Waals surface area contributed by atoms with Gasteiger partial charge in [0.2, 0.25) is 0 Å². The molecule has 0 saturated heterocycles. The summed E-state index contributed by atoms with van der Waals surface area (Å²) in [5.41, 5.74) is 2.12. The van der Waals surface area contributed by atoms with E-state index in [-0.39, 0.29) is 11.9 Å². The zero-order valence-electron chi connectivity index (χ0n) is 9.51. The smallest absolute Gasteiger partial charge is 0.128 e. The van der Waals surface area contributed by atoms with Crippen LogP contribution in [0.2, 0.25) is 0 Å². The summed E-state index contributed by atoms with van der Waals surface area (Å²) >= 11 is 0. The van der Waals surface area contributed by atoms with Crippen molar-refractivity contribution in [1.82, 2.24) is 5.32 Å². The minimum atomic E-state index is -0.0157. The summed E-state index contributed by atoms with van der Waals surface area (Å²) in [6.07, 6.45) is 6.49. The number of rotatable bonds is 1. The number of halogens is 1. The lowest BCUT2D eigenvalue weighted by molar-refractivity contribution is 0.279. The summed E-state index contributed by atoms with van der Waals surface area (Å²) in [5.74, 6) is 0.630. The molecule has 0 amide bonds. The Balaban J connectivity index is 1.89. The number of benzene rings is 1. The predicted molar refractivity (Wildman–Crippen MR) is 62.6 cm³/mol. The van der Waals surface area contributed by atoms with Crippen LogP contribution in [0, 0.1) is 11.7 Å². The average Bonchev–Trinajstić information content (AvgIpc) is 2.75. The Hall–Kier alpha value is -0.890. The van der Waals surface area contributed by atoms with Crippen molar-refractivity contribution in [1.29, 1.82) is 0 Å². The van der Waals surface area contributed by atoms with Gasteiger partial charge in [0.25, 0.3) is 0 Å². The monoisotopic (exact) mass is 219 g/mol. The molecule has 1 saturated carbocycles. The van der Waals surface area contributed by atoms with E-state index in [2.05, 4.69) is 5.32 Å². The van der Waals surface area contributed by atoms with E-state index < -0.39 is 0 Å². The van der Waals surface area contributed by atoms with E-state index in [9.17, 15) is 4.39 Å². The second-order valence-corrected chi connectivity index (χ2v) is 5.07. The molecule has 86 valence electrons.